The molecular formula is C23H16FN3O3. The average Bonchev–Trinajstić information content (AvgIpc) is 3.28. The van der Waals surface area contributed by atoms with Crippen molar-refractivity contribution in [2.75, 3.05) is 6.61 Å². The average molecular weight is 401 g/mol. The third kappa shape index (κ3) is 4.00. The number of carbonyl (C=O) groups excluding carboxylic acids is 2. The second-order valence-corrected chi connectivity index (χ2v) is 6.42. The molecule has 0 aliphatic rings. The first kappa shape index (κ1) is 19.2. The molecule has 0 fully saturated rings. The van der Waals surface area contributed by atoms with E-state index in [1.807, 2.05) is 30.3 Å². The first-order valence-electron chi connectivity index (χ1n) is 9.15. The third-order valence-electron chi connectivity index (χ3n) is 4.48. The summed E-state index contributed by atoms with van der Waals surface area (Å²) in [6, 6.07) is 21.8. The Balaban J connectivity index is 1.46. The number of esters is 1. The zero-order valence-corrected chi connectivity index (χ0v) is 15.7. The van der Waals surface area contributed by atoms with Crippen LogP contribution < -0.4 is 0 Å². The van der Waals surface area contributed by atoms with Crippen LogP contribution in [0.5, 0.6) is 0 Å². The molecule has 0 amide bonds. The van der Waals surface area contributed by atoms with Gasteiger partial charge in [0.05, 0.1) is 23.1 Å². The van der Waals surface area contributed by atoms with Crippen molar-refractivity contribution in [2.45, 2.75) is 0 Å². The summed E-state index contributed by atoms with van der Waals surface area (Å²) >= 11 is 0. The number of carbonyl (C=O) groups is 2. The molecule has 0 radical (unpaired) electrons. The van der Waals surface area contributed by atoms with Crippen LogP contribution in [0.25, 0.3) is 16.9 Å². The van der Waals surface area contributed by atoms with Gasteiger partial charge >= 0.3 is 5.97 Å². The van der Waals surface area contributed by atoms with Crippen molar-refractivity contribution < 1.29 is 18.7 Å². The summed E-state index contributed by atoms with van der Waals surface area (Å²) in [6.07, 6.45) is 1.66. The van der Waals surface area contributed by atoms with Gasteiger partial charge < -0.3 is 4.74 Å². The molecule has 0 aliphatic carbocycles. The van der Waals surface area contributed by atoms with E-state index in [1.54, 1.807) is 35.1 Å². The minimum absolute atomic E-state index is 0.208. The van der Waals surface area contributed by atoms with Gasteiger partial charge in [-0.25, -0.2) is 13.9 Å². The number of nitrogens with zero attached hydrogens (tertiary/aromatic N) is 3. The highest BCUT2D eigenvalue weighted by atomic mass is 19.1. The second-order valence-electron chi connectivity index (χ2n) is 6.42. The van der Waals surface area contributed by atoms with Crippen molar-refractivity contribution in [1.29, 1.82) is 0 Å². The summed E-state index contributed by atoms with van der Waals surface area (Å²) in [5, 5.41) is 8.09. The molecule has 0 saturated heterocycles. The lowest BCUT2D eigenvalue weighted by Gasteiger charge is -2.08. The van der Waals surface area contributed by atoms with E-state index in [2.05, 4.69) is 10.3 Å². The maximum atomic E-state index is 13.6. The zero-order valence-electron chi connectivity index (χ0n) is 15.7. The van der Waals surface area contributed by atoms with Gasteiger partial charge in [-0.05, 0) is 36.4 Å². The van der Waals surface area contributed by atoms with Crippen molar-refractivity contribution in [1.82, 2.24) is 15.0 Å². The number of Topliss-reactive ketones (excluding diaryl/α,β-unsaturated/α-hetero) is 1. The van der Waals surface area contributed by atoms with Crippen LogP contribution in [0, 0.1) is 5.82 Å². The molecule has 7 heteroatoms. The lowest BCUT2D eigenvalue weighted by molar-refractivity contribution is 0.0470. The minimum Gasteiger partial charge on any atom is -0.454 e. The van der Waals surface area contributed by atoms with Gasteiger partial charge in [0.25, 0.3) is 0 Å². The predicted octanol–water partition coefficient (Wildman–Crippen LogP) is 4.11. The third-order valence-corrected chi connectivity index (χ3v) is 4.48. The van der Waals surface area contributed by atoms with Crippen LogP contribution in [0.1, 0.15) is 20.7 Å². The summed E-state index contributed by atoms with van der Waals surface area (Å²) < 4.78 is 20.2. The number of aromatic nitrogens is 3. The van der Waals surface area contributed by atoms with Crippen molar-refractivity contribution in [3.63, 3.8) is 0 Å². The highest BCUT2D eigenvalue weighted by molar-refractivity contribution is 5.99. The monoisotopic (exact) mass is 401 g/mol. The largest absolute Gasteiger partial charge is 0.454 e. The molecule has 3 aromatic carbocycles. The molecule has 0 atom stereocenters. The van der Waals surface area contributed by atoms with Gasteiger partial charge in [0.15, 0.2) is 12.4 Å². The normalized spacial score (nSPS) is 10.6. The van der Waals surface area contributed by atoms with Gasteiger partial charge in [0.1, 0.15) is 5.82 Å². The van der Waals surface area contributed by atoms with Gasteiger partial charge in [-0.2, -0.15) is 0 Å². The molecule has 0 N–H and O–H groups in total. The molecule has 0 unspecified atom stereocenters. The van der Waals surface area contributed by atoms with E-state index in [4.69, 9.17) is 4.74 Å². The van der Waals surface area contributed by atoms with Crippen molar-refractivity contribution in [2.24, 2.45) is 0 Å². The number of hydrogen-bond donors (Lipinski definition) is 0. The van der Waals surface area contributed by atoms with Gasteiger partial charge in [0, 0.05) is 11.1 Å². The van der Waals surface area contributed by atoms with E-state index in [0.717, 1.165) is 23.0 Å². The molecule has 0 saturated carbocycles. The van der Waals surface area contributed by atoms with E-state index >= 15 is 0 Å². The Morgan fingerprint density at radius 3 is 2.33 bits per heavy atom. The first-order valence-corrected chi connectivity index (χ1v) is 9.15. The van der Waals surface area contributed by atoms with Crippen LogP contribution in [0.2, 0.25) is 0 Å². The van der Waals surface area contributed by atoms with Crippen LogP contribution >= 0.6 is 0 Å². The summed E-state index contributed by atoms with van der Waals surface area (Å²) in [6.45, 7) is -0.481. The Kier molecular flexibility index (Phi) is 5.43. The van der Waals surface area contributed by atoms with E-state index in [1.165, 1.54) is 18.2 Å². The van der Waals surface area contributed by atoms with Gasteiger partial charge in [0.2, 0.25) is 0 Å². The maximum absolute atomic E-state index is 13.6. The Hall–Kier alpha value is -4.13. The lowest BCUT2D eigenvalue weighted by Crippen LogP contribution is -2.15. The van der Waals surface area contributed by atoms with E-state index in [-0.39, 0.29) is 5.56 Å². The highest BCUT2D eigenvalue weighted by Gasteiger charge is 2.15. The molecule has 0 bridgehead atoms. The van der Waals surface area contributed by atoms with Crippen LogP contribution in [-0.4, -0.2) is 33.4 Å². The molecule has 0 spiro atoms. The number of rotatable bonds is 6. The first-order chi connectivity index (χ1) is 14.6. The van der Waals surface area contributed by atoms with Gasteiger partial charge in [-0.3, -0.25) is 4.79 Å². The summed E-state index contributed by atoms with van der Waals surface area (Å²) in [5.41, 5.74) is 2.66. The van der Waals surface area contributed by atoms with Crippen LogP contribution in [0.15, 0.2) is 85.1 Å². The van der Waals surface area contributed by atoms with Gasteiger partial charge in [-0.15, -0.1) is 5.10 Å². The fraction of sp³-hybridized carbons (Fsp3) is 0.0435. The van der Waals surface area contributed by atoms with Crippen molar-refractivity contribution in [3.8, 4) is 16.9 Å². The summed E-state index contributed by atoms with van der Waals surface area (Å²) in [7, 11) is 0. The molecule has 4 aromatic rings. The number of benzene rings is 3. The topological polar surface area (TPSA) is 74.1 Å². The predicted molar refractivity (Wildman–Crippen MR) is 108 cm³/mol. The Morgan fingerprint density at radius 2 is 1.60 bits per heavy atom. The SMILES string of the molecule is O=C(COC(=O)c1ccccc1F)c1ccc(-n2nncc2-c2ccccc2)cc1. The van der Waals surface area contributed by atoms with Crippen LogP contribution in [0.4, 0.5) is 4.39 Å². The Labute approximate surface area is 171 Å². The molecule has 4 rings (SSSR count). The fourth-order valence-electron chi connectivity index (χ4n) is 2.94. The molecule has 148 valence electrons. The zero-order chi connectivity index (χ0) is 20.9. The number of ether oxygens (including phenoxy) is 1. The minimum atomic E-state index is -0.881. The van der Waals surface area contributed by atoms with Crippen LogP contribution in [-0.2, 0) is 4.74 Å². The summed E-state index contributed by atoms with van der Waals surface area (Å²) in [5.74, 6) is -1.97. The second kappa shape index (κ2) is 8.48. The molecule has 1 heterocycles. The van der Waals surface area contributed by atoms with Gasteiger partial charge in [-0.1, -0.05) is 47.7 Å². The number of ketones is 1. The van der Waals surface area contributed by atoms with Crippen molar-refractivity contribution >= 4 is 11.8 Å². The van der Waals surface area contributed by atoms with E-state index in [0.29, 0.717) is 5.56 Å². The smallest absolute Gasteiger partial charge is 0.341 e. The molecular weight excluding hydrogens is 385 g/mol. The van der Waals surface area contributed by atoms with E-state index < -0.39 is 24.2 Å². The molecule has 6 nitrogen and oxygen atoms in total. The molecule has 30 heavy (non-hydrogen) atoms. The lowest BCUT2D eigenvalue weighted by atomic mass is 10.1. The maximum Gasteiger partial charge on any atom is 0.341 e. The molecule has 1 aromatic heterocycles. The molecule has 0 aliphatic heterocycles. The fourth-order valence-corrected chi connectivity index (χ4v) is 2.94. The van der Waals surface area contributed by atoms with Crippen LogP contribution in [0.3, 0.4) is 0 Å². The summed E-state index contributed by atoms with van der Waals surface area (Å²) in [4.78, 5) is 24.3. The quantitative estimate of drug-likeness (QED) is 0.359. The van der Waals surface area contributed by atoms with Crippen molar-refractivity contribution in [3.05, 3.63) is 102 Å². The number of hydrogen-bond acceptors (Lipinski definition) is 5. The standard InChI is InChI=1S/C23H16FN3O3/c24-20-9-5-4-8-19(20)23(29)30-15-22(28)17-10-12-18(13-11-17)27-21(14-25-26-27)16-6-2-1-3-7-16/h1-14H,15H2. The highest BCUT2D eigenvalue weighted by Crippen LogP contribution is 2.21. The Bertz CT molecular complexity index is 1190. The number of halogens is 1. The van der Waals surface area contributed by atoms with E-state index in [9.17, 15) is 14.0 Å². The Morgan fingerprint density at radius 1 is 0.900 bits per heavy atom.